The maximum atomic E-state index is 10.4. The van der Waals surface area contributed by atoms with Crippen molar-refractivity contribution < 1.29 is 9.90 Å². The molecular weight excluding hydrogens is 242 g/mol. The summed E-state index contributed by atoms with van der Waals surface area (Å²) in [4.78, 5) is 19.5. The van der Waals surface area contributed by atoms with Gasteiger partial charge in [-0.05, 0) is 12.3 Å². The SMILES string of the molecule is CC(C)c1cc(NCCCC(=O)O)nc(C(C)C)n1. The van der Waals surface area contributed by atoms with Crippen molar-refractivity contribution in [3.8, 4) is 0 Å². The Kier molecular flexibility index (Phi) is 5.73. The molecule has 0 radical (unpaired) electrons. The Morgan fingerprint density at radius 3 is 2.47 bits per heavy atom. The molecule has 0 unspecified atom stereocenters. The quantitative estimate of drug-likeness (QED) is 0.741. The van der Waals surface area contributed by atoms with Crippen LogP contribution in [-0.4, -0.2) is 27.6 Å². The molecule has 0 spiro atoms. The van der Waals surface area contributed by atoms with E-state index in [1.165, 1.54) is 0 Å². The molecule has 0 aromatic carbocycles. The lowest BCUT2D eigenvalue weighted by molar-refractivity contribution is -0.137. The third kappa shape index (κ3) is 5.24. The lowest BCUT2D eigenvalue weighted by atomic mass is 10.1. The van der Waals surface area contributed by atoms with Crippen LogP contribution in [0.25, 0.3) is 0 Å². The van der Waals surface area contributed by atoms with Gasteiger partial charge in [0, 0.05) is 30.6 Å². The van der Waals surface area contributed by atoms with Crippen LogP contribution in [0.15, 0.2) is 6.07 Å². The molecule has 0 amide bonds. The largest absolute Gasteiger partial charge is 0.481 e. The zero-order valence-electron chi connectivity index (χ0n) is 12.1. The van der Waals surface area contributed by atoms with Crippen LogP contribution < -0.4 is 5.32 Å². The molecule has 5 heteroatoms. The minimum Gasteiger partial charge on any atom is -0.481 e. The van der Waals surface area contributed by atoms with E-state index in [0.29, 0.717) is 18.9 Å². The van der Waals surface area contributed by atoms with Gasteiger partial charge in [0.2, 0.25) is 0 Å². The molecular formula is C14H23N3O2. The van der Waals surface area contributed by atoms with Gasteiger partial charge in [0.25, 0.3) is 0 Å². The van der Waals surface area contributed by atoms with Crippen molar-refractivity contribution in [3.63, 3.8) is 0 Å². The molecule has 2 N–H and O–H groups in total. The average Bonchev–Trinajstić information content (AvgIpc) is 2.34. The Labute approximate surface area is 114 Å². The molecule has 0 aliphatic rings. The van der Waals surface area contributed by atoms with Gasteiger partial charge in [0.15, 0.2) is 0 Å². The van der Waals surface area contributed by atoms with Gasteiger partial charge in [-0.3, -0.25) is 4.79 Å². The number of carboxylic acid groups (broad SMARTS) is 1. The number of carboxylic acids is 1. The highest BCUT2D eigenvalue weighted by Crippen LogP contribution is 2.19. The first-order valence-corrected chi connectivity index (χ1v) is 6.74. The van der Waals surface area contributed by atoms with E-state index in [4.69, 9.17) is 5.11 Å². The van der Waals surface area contributed by atoms with Crippen molar-refractivity contribution in [3.05, 3.63) is 17.6 Å². The Morgan fingerprint density at radius 1 is 1.26 bits per heavy atom. The first kappa shape index (κ1) is 15.4. The summed E-state index contributed by atoms with van der Waals surface area (Å²) in [5.74, 6) is 1.47. The number of aromatic nitrogens is 2. The van der Waals surface area contributed by atoms with Crippen molar-refractivity contribution in [1.82, 2.24) is 9.97 Å². The van der Waals surface area contributed by atoms with E-state index >= 15 is 0 Å². The van der Waals surface area contributed by atoms with Crippen molar-refractivity contribution >= 4 is 11.8 Å². The van der Waals surface area contributed by atoms with Crippen LogP contribution in [0, 0.1) is 0 Å². The van der Waals surface area contributed by atoms with Gasteiger partial charge >= 0.3 is 5.97 Å². The number of nitrogens with zero attached hydrogens (tertiary/aromatic N) is 2. The summed E-state index contributed by atoms with van der Waals surface area (Å²) in [6.07, 6.45) is 0.763. The third-order valence-electron chi connectivity index (χ3n) is 2.74. The molecule has 106 valence electrons. The van der Waals surface area contributed by atoms with Gasteiger partial charge in [-0.2, -0.15) is 0 Å². The molecule has 19 heavy (non-hydrogen) atoms. The Hall–Kier alpha value is -1.65. The standard InChI is InChI=1S/C14H23N3O2/c1-9(2)11-8-12(15-7-5-6-13(18)19)17-14(16-11)10(3)4/h8-10H,5-7H2,1-4H3,(H,18,19)(H,15,16,17). The van der Waals surface area contributed by atoms with E-state index in [9.17, 15) is 4.79 Å². The number of hydrogen-bond acceptors (Lipinski definition) is 4. The molecule has 0 aliphatic carbocycles. The van der Waals surface area contributed by atoms with Crippen molar-refractivity contribution in [1.29, 1.82) is 0 Å². The second kappa shape index (κ2) is 7.07. The highest BCUT2D eigenvalue weighted by atomic mass is 16.4. The van der Waals surface area contributed by atoms with Gasteiger partial charge in [-0.25, -0.2) is 9.97 Å². The molecule has 0 fully saturated rings. The van der Waals surface area contributed by atoms with Crippen LogP contribution in [-0.2, 0) is 4.79 Å². The number of aliphatic carboxylic acids is 1. The van der Waals surface area contributed by atoms with E-state index in [2.05, 4.69) is 43.0 Å². The summed E-state index contributed by atoms with van der Waals surface area (Å²) >= 11 is 0. The van der Waals surface area contributed by atoms with Crippen molar-refractivity contribution in [2.24, 2.45) is 0 Å². The minimum absolute atomic E-state index is 0.173. The van der Waals surface area contributed by atoms with Gasteiger partial charge in [0.05, 0.1) is 0 Å². The molecule has 0 saturated heterocycles. The molecule has 0 saturated carbocycles. The first-order chi connectivity index (χ1) is 8.90. The zero-order chi connectivity index (χ0) is 14.4. The molecule has 1 aromatic rings. The molecule has 1 rings (SSSR count). The van der Waals surface area contributed by atoms with Crippen LogP contribution in [0.3, 0.4) is 0 Å². The number of nitrogens with one attached hydrogen (secondary N) is 1. The second-order valence-electron chi connectivity index (χ2n) is 5.27. The number of rotatable bonds is 7. The van der Waals surface area contributed by atoms with Crippen LogP contribution >= 0.6 is 0 Å². The van der Waals surface area contributed by atoms with E-state index in [-0.39, 0.29) is 12.3 Å². The van der Waals surface area contributed by atoms with E-state index in [1.54, 1.807) is 0 Å². The molecule has 1 aromatic heterocycles. The highest BCUT2D eigenvalue weighted by Gasteiger charge is 2.10. The number of carbonyl (C=O) groups is 1. The maximum absolute atomic E-state index is 10.4. The van der Waals surface area contributed by atoms with Crippen LogP contribution in [0.1, 0.15) is 63.9 Å². The van der Waals surface area contributed by atoms with Crippen LogP contribution in [0.2, 0.25) is 0 Å². The third-order valence-corrected chi connectivity index (χ3v) is 2.74. The molecule has 1 heterocycles. The Morgan fingerprint density at radius 2 is 1.95 bits per heavy atom. The topological polar surface area (TPSA) is 75.1 Å². The highest BCUT2D eigenvalue weighted by molar-refractivity contribution is 5.66. The summed E-state index contributed by atoms with van der Waals surface area (Å²) in [5.41, 5.74) is 1.01. The summed E-state index contributed by atoms with van der Waals surface area (Å²) in [7, 11) is 0. The minimum atomic E-state index is -0.768. The van der Waals surface area contributed by atoms with Gasteiger partial charge in [0.1, 0.15) is 11.6 Å². The van der Waals surface area contributed by atoms with E-state index in [0.717, 1.165) is 17.3 Å². The van der Waals surface area contributed by atoms with Gasteiger partial charge in [-0.1, -0.05) is 27.7 Å². The summed E-state index contributed by atoms with van der Waals surface area (Å²) in [6, 6.07) is 1.94. The predicted molar refractivity (Wildman–Crippen MR) is 75.6 cm³/mol. The fourth-order valence-corrected chi connectivity index (χ4v) is 1.59. The lowest BCUT2D eigenvalue weighted by Crippen LogP contribution is -2.10. The predicted octanol–water partition coefficient (Wildman–Crippen LogP) is 3.00. The Bertz CT molecular complexity index is 404. The summed E-state index contributed by atoms with van der Waals surface area (Å²) in [6.45, 7) is 8.93. The smallest absolute Gasteiger partial charge is 0.303 e. The van der Waals surface area contributed by atoms with Crippen LogP contribution in [0.5, 0.6) is 0 Å². The second-order valence-corrected chi connectivity index (χ2v) is 5.27. The molecule has 5 nitrogen and oxygen atoms in total. The molecule has 0 aliphatic heterocycles. The average molecular weight is 265 g/mol. The molecule has 0 atom stereocenters. The fourth-order valence-electron chi connectivity index (χ4n) is 1.59. The van der Waals surface area contributed by atoms with E-state index < -0.39 is 5.97 Å². The van der Waals surface area contributed by atoms with E-state index in [1.807, 2.05) is 6.07 Å². The number of anilines is 1. The normalized spacial score (nSPS) is 11.1. The zero-order valence-corrected chi connectivity index (χ0v) is 12.1. The van der Waals surface area contributed by atoms with Crippen molar-refractivity contribution in [2.45, 2.75) is 52.4 Å². The monoisotopic (exact) mass is 265 g/mol. The lowest BCUT2D eigenvalue weighted by Gasteiger charge is -2.13. The van der Waals surface area contributed by atoms with Gasteiger partial charge in [-0.15, -0.1) is 0 Å². The first-order valence-electron chi connectivity index (χ1n) is 6.74. The fraction of sp³-hybridized carbons (Fsp3) is 0.643. The maximum Gasteiger partial charge on any atom is 0.303 e. The van der Waals surface area contributed by atoms with Crippen molar-refractivity contribution in [2.75, 3.05) is 11.9 Å². The van der Waals surface area contributed by atoms with Gasteiger partial charge < -0.3 is 10.4 Å². The summed E-state index contributed by atoms with van der Waals surface area (Å²) < 4.78 is 0. The molecule has 0 bridgehead atoms. The Balaban J connectivity index is 2.73. The van der Waals surface area contributed by atoms with Crippen LogP contribution in [0.4, 0.5) is 5.82 Å². The summed E-state index contributed by atoms with van der Waals surface area (Å²) in [5, 5.41) is 11.8. The number of hydrogen-bond donors (Lipinski definition) is 2.